The maximum atomic E-state index is 5.81. The summed E-state index contributed by atoms with van der Waals surface area (Å²) in [6.07, 6.45) is 17.3. The van der Waals surface area contributed by atoms with E-state index in [2.05, 4.69) is 302 Å². The largest absolute Gasteiger partial charge is 0.354 e. The lowest BCUT2D eigenvalue weighted by Gasteiger charge is -2.09. The molecule has 4 aliphatic rings. The van der Waals surface area contributed by atoms with Crippen LogP contribution in [-0.2, 0) is 0 Å². The molecule has 6 aromatic heterocycles. The van der Waals surface area contributed by atoms with Gasteiger partial charge in [0, 0.05) is 88.6 Å². The molecule has 0 unspecified atom stereocenters. The number of nitrogens with one attached hydrogen (secondary N) is 4. The molecule has 8 nitrogen and oxygen atoms in total. The standard InChI is InChI=1S/C80H58N8/c1-47-15-23-53(24-16-47)75-61-35-31-57(81-61)73(51-11-7-5-8-12-51)58-32-36-62(82-58)76(54-25-17-48(2)18-26-54)66-40-44-70(86-66)79(69-43-39-65(75)85-69)80-71-45-41-67(87-71)77(55-27-19-49(3)20-28-55)63-37-33-59(83-63)74(52-13-9-6-10-14-52)60-34-38-64(84-60)78(68-42-46-72(80)88-68)56-29-21-50(4)22-30-56/h5-46,81,83,86,88H,1-4H3. The van der Waals surface area contributed by atoms with Gasteiger partial charge in [0.25, 0.3) is 0 Å². The second-order valence-electron chi connectivity index (χ2n) is 23.2. The molecule has 0 fully saturated rings. The summed E-state index contributed by atoms with van der Waals surface area (Å²) < 4.78 is 0. The summed E-state index contributed by atoms with van der Waals surface area (Å²) in [7, 11) is 0. The van der Waals surface area contributed by atoms with Gasteiger partial charge in [-0.3, -0.25) is 0 Å². The van der Waals surface area contributed by atoms with Gasteiger partial charge in [-0.15, -0.1) is 0 Å². The first-order valence-corrected chi connectivity index (χ1v) is 29.9. The number of nitrogens with zero attached hydrogens (tertiary/aromatic N) is 4. The Morgan fingerprint density at radius 3 is 0.557 bits per heavy atom. The van der Waals surface area contributed by atoms with Crippen molar-refractivity contribution in [1.29, 1.82) is 0 Å². The van der Waals surface area contributed by atoms with Crippen molar-refractivity contribution in [2.75, 3.05) is 0 Å². The van der Waals surface area contributed by atoms with Crippen molar-refractivity contribution >= 4 is 92.7 Å². The highest BCUT2D eigenvalue weighted by molar-refractivity contribution is 6.06. The lowest BCUT2D eigenvalue weighted by Crippen LogP contribution is -1.92. The number of fused-ring (bicyclic) bond motifs is 16. The van der Waals surface area contributed by atoms with E-state index in [-0.39, 0.29) is 0 Å². The fourth-order valence-electron chi connectivity index (χ4n) is 12.8. The minimum Gasteiger partial charge on any atom is -0.354 e. The van der Waals surface area contributed by atoms with E-state index in [1.807, 2.05) is 0 Å². The summed E-state index contributed by atoms with van der Waals surface area (Å²) in [6, 6.07) is 73.6. The third-order valence-corrected chi connectivity index (χ3v) is 17.2. The molecule has 0 saturated carbocycles. The first kappa shape index (κ1) is 52.1. The lowest BCUT2D eigenvalue weighted by atomic mass is 10.0. The predicted octanol–water partition coefficient (Wildman–Crippen LogP) is 20.5. The fraction of sp³-hybridized carbons (Fsp3) is 0.0500. The smallest absolute Gasteiger partial charge is 0.0738 e. The normalized spacial score (nSPS) is 12.4. The van der Waals surface area contributed by atoms with Crippen molar-refractivity contribution in [3.63, 3.8) is 0 Å². The van der Waals surface area contributed by atoms with Crippen LogP contribution >= 0.6 is 0 Å². The van der Waals surface area contributed by atoms with Gasteiger partial charge in [-0.2, -0.15) is 0 Å². The third kappa shape index (κ3) is 9.26. The third-order valence-electron chi connectivity index (χ3n) is 17.2. The number of aromatic amines is 4. The van der Waals surface area contributed by atoms with Crippen LogP contribution in [0.25, 0.3) is 171 Å². The molecular formula is C80H58N8. The molecular weight excluding hydrogens is 1070 g/mol. The van der Waals surface area contributed by atoms with E-state index in [0.29, 0.717) is 0 Å². The summed E-state index contributed by atoms with van der Waals surface area (Å²) in [6.45, 7) is 8.51. The van der Waals surface area contributed by atoms with Gasteiger partial charge in [0.05, 0.1) is 45.6 Å². The minimum atomic E-state index is 0.768. The average Bonchev–Trinajstić information content (AvgIpc) is 2.46. The molecule has 16 bridgehead atoms. The fourth-order valence-corrected chi connectivity index (χ4v) is 12.8. The molecule has 0 radical (unpaired) electrons. The Bertz CT molecular complexity index is 4880. The Morgan fingerprint density at radius 1 is 0.182 bits per heavy atom. The minimum absolute atomic E-state index is 0.768. The summed E-state index contributed by atoms with van der Waals surface area (Å²) >= 11 is 0. The zero-order valence-electron chi connectivity index (χ0n) is 49.0. The number of H-pyrrole nitrogens is 4. The highest BCUT2D eigenvalue weighted by Gasteiger charge is 2.24. The maximum Gasteiger partial charge on any atom is 0.0738 e. The van der Waals surface area contributed by atoms with Crippen molar-refractivity contribution in [3.05, 3.63) is 274 Å². The lowest BCUT2D eigenvalue weighted by molar-refractivity contribution is 1.29. The van der Waals surface area contributed by atoms with Crippen LogP contribution in [0.4, 0.5) is 0 Å². The van der Waals surface area contributed by atoms with Gasteiger partial charge in [-0.05, 0) is 158 Å². The van der Waals surface area contributed by atoms with Gasteiger partial charge in [-0.25, -0.2) is 19.9 Å². The molecule has 4 aliphatic heterocycles. The van der Waals surface area contributed by atoms with Crippen LogP contribution in [0.2, 0.25) is 0 Å². The van der Waals surface area contributed by atoms with Gasteiger partial charge in [-0.1, -0.05) is 180 Å². The summed E-state index contributed by atoms with van der Waals surface area (Å²) in [5.74, 6) is 0. The van der Waals surface area contributed by atoms with E-state index in [9.17, 15) is 0 Å². The van der Waals surface area contributed by atoms with E-state index < -0.39 is 0 Å². The van der Waals surface area contributed by atoms with Crippen molar-refractivity contribution in [2.24, 2.45) is 0 Å². The molecule has 16 rings (SSSR count). The van der Waals surface area contributed by atoms with Gasteiger partial charge in [0.15, 0.2) is 0 Å². The van der Waals surface area contributed by atoms with Crippen LogP contribution in [0, 0.1) is 27.7 Å². The summed E-state index contributed by atoms with van der Waals surface area (Å²) in [4.78, 5) is 38.8. The molecule has 4 N–H and O–H groups in total. The Morgan fingerprint density at radius 2 is 0.352 bits per heavy atom. The van der Waals surface area contributed by atoms with Gasteiger partial charge in [0.1, 0.15) is 0 Å². The Balaban J connectivity index is 1.09. The monoisotopic (exact) mass is 1130 g/mol. The Labute approximate surface area is 509 Å². The molecule has 418 valence electrons. The van der Waals surface area contributed by atoms with Crippen molar-refractivity contribution in [3.8, 4) is 77.9 Å². The highest BCUT2D eigenvalue weighted by atomic mass is 14.8. The molecule has 6 aromatic carbocycles. The number of rotatable bonds is 7. The van der Waals surface area contributed by atoms with Crippen LogP contribution in [0.3, 0.4) is 0 Å². The Kier molecular flexibility index (Phi) is 12.6. The van der Waals surface area contributed by atoms with Crippen LogP contribution in [0.15, 0.2) is 206 Å². The molecule has 12 aromatic rings. The molecule has 10 heterocycles. The zero-order valence-corrected chi connectivity index (χ0v) is 49.0. The first-order chi connectivity index (χ1) is 43.2. The Hall–Kier alpha value is -11.5. The van der Waals surface area contributed by atoms with E-state index in [4.69, 9.17) is 19.9 Å². The summed E-state index contributed by atoms with van der Waals surface area (Å²) in [5, 5.41) is 0. The van der Waals surface area contributed by atoms with Crippen LogP contribution in [0.1, 0.15) is 67.8 Å². The van der Waals surface area contributed by atoms with Crippen LogP contribution in [-0.4, -0.2) is 39.9 Å². The predicted molar refractivity (Wildman–Crippen MR) is 368 cm³/mol. The second-order valence-corrected chi connectivity index (χ2v) is 23.2. The van der Waals surface area contributed by atoms with Gasteiger partial charge in [0.2, 0.25) is 0 Å². The number of aromatic nitrogens is 8. The average molecular weight is 1130 g/mol. The van der Waals surface area contributed by atoms with Crippen molar-refractivity contribution in [2.45, 2.75) is 27.7 Å². The SMILES string of the molecule is Cc1ccc(-c2c3nc(c(-c4c5nc(c(-c6ccc(C)cc6)c6ccc([nH]6)c(-c6ccccc6)c6nc(c(-c7ccc(C)cc7)c7ccc4[nH]7)C=C6)C=C5)c4ccc([nH]4)c(-c4ccc(C)cc4)c4nc(c(-c5ccccc5)c5ccc2[nH]5)C=C4)C=C3)cc1. The van der Waals surface area contributed by atoms with Gasteiger partial charge < -0.3 is 19.9 Å². The molecule has 8 heteroatoms. The molecule has 88 heavy (non-hydrogen) atoms. The summed E-state index contributed by atoms with van der Waals surface area (Å²) in [5.41, 5.74) is 32.5. The molecule has 0 atom stereocenters. The van der Waals surface area contributed by atoms with E-state index >= 15 is 0 Å². The van der Waals surface area contributed by atoms with Crippen molar-refractivity contribution < 1.29 is 0 Å². The topological polar surface area (TPSA) is 115 Å². The van der Waals surface area contributed by atoms with E-state index in [0.717, 1.165) is 168 Å². The number of benzene rings is 6. The van der Waals surface area contributed by atoms with Gasteiger partial charge >= 0.3 is 0 Å². The van der Waals surface area contributed by atoms with Crippen LogP contribution in [0.5, 0.6) is 0 Å². The highest BCUT2D eigenvalue weighted by Crippen LogP contribution is 2.43. The molecule has 0 spiro atoms. The second kappa shape index (κ2) is 21.2. The first-order valence-electron chi connectivity index (χ1n) is 29.9. The number of hydrogen-bond acceptors (Lipinski definition) is 4. The number of hydrogen-bond donors (Lipinski definition) is 4. The van der Waals surface area contributed by atoms with E-state index in [1.165, 1.54) is 22.3 Å². The maximum absolute atomic E-state index is 5.81. The zero-order chi connectivity index (χ0) is 59.0. The van der Waals surface area contributed by atoms with Crippen LogP contribution < -0.4 is 0 Å². The van der Waals surface area contributed by atoms with E-state index in [1.54, 1.807) is 0 Å². The number of aryl methyl sites for hydroxylation is 4. The quantitative estimate of drug-likeness (QED) is 0.127. The molecule has 0 saturated heterocycles. The molecule has 0 aliphatic carbocycles. The molecule has 0 amide bonds. The van der Waals surface area contributed by atoms with Crippen molar-refractivity contribution in [1.82, 2.24) is 39.9 Å².